The van der Waals surface area contributed by atoms with Gasteiger partial charge in [-0.05, 0) is 25.2 Å². The van der Waals surface area contributed by atoms with Crippen LogP contribution in [0.4, 0.5) is 8.78 Å². The minimum absolute atomic E-state index is 0.127. The summed E-state index contributed by atoms with van der Waals surface area (Å²) in [5.41, 5.74) is 4.40. The first-order valence-corrected chi connectivity index (χ1v) is 5.15. The van der Waals surface area contributed by atoms with Crippen molar-refractivity contribution in [2.24, 2.45) is 11.1 Å². The van der Waals surface area contributed by atoms with Crippen molar-refractivity contribution in [3.05, 3.63) is 0 Å². The number of hydrogen-bond donors (Lipinski definition) is 1. The Balaban J connectivity index is 1.90. The smallest absolute Gasteiger partial charge is 0.326 e. The van der Waals surface area contributed by atoms with Crippen molar-refractivity contribution in [1.29, 1.82) is 0 Å². The lowest BCUT2D eigenvalue weighted by Crippen LogP contribution is -2.68. The van der Waals surface area contributed by atoms with Crippen LogP contribution >= 0.6 is 0 Å². The number of ether oxygens (including phenoxy) is 1. The second-order valence-corrected chi connectivity index (χ2v) is 4.94. The third-order valence-electron chi connectivity index (χ3n) is 3.33. The van der Waals surface area contributed by atoms with Gasteiger partial charge in [0.1, 0.15) is 5.54 Å². The van der Waals surface area contributed by atoms with Crippen LogP contribution in [0.1, 0.15) is 32.6 Å². The lowest BCUT2D eigenvalue weighted by molar-refractivity contribution is -0.218. The predicted octanol–water partition coefficient (Wildman–Crippen LogP) is 1.46. The molecule has 0 aliphatic heterocycles. The van der Waals surface area contributed by atoms with Crippen LogP contribution in [0.2, 0.25) is 0 Å². The Morgan fingerprint density at radius 1 is 1.33 bits per heavy atom. The molecule has 0 saturated heterocycles. The number of esters is 1. The van der Waals surface area contributed by atoms with E-state index in [1.54, 1.807) is 6.92 Å². The highest BCUT2D eigenvalue weighted by molar-refractivity contribution is 5.82. The van der Waals surface area contributed by atoms with Gasteiger partial charge in [-0.2, -0.15) is 0 Å². The highest BCUT2D eigenvalue weighted by Gasteiger charge is 2.68. The number of hydrogen-bond acceptors (Lipinski definition) is 3. The zero-order valence-corrected chi connectivity index (χ0v) is 8.69. The third-order valence-corrected chi connectivity index (χ3v) is 3.33. The van der Waals surface area contributed by atoms with Crippen molar-refractivity contribution >= 4 is 5.97 Å². The van der Waals surface area contributed by atoms with Gasteiger partial charge in [0.2, 0.25) is 5.92 Å². The van der Waals surface area contributed by atoms with Crippen LogP contribution in [0.3, 0.4) is 0 Å². The van der Waals surface area contributed by atoms with Crippen LogP contribution in [-0.4, -0.2) is 24.0 Å². The highest BCUT2D eigenvalue weighted by atomic mass is 19.3. The van der Waals surface area contributed by atoms with Crippen molar-refractivity contribution in [3.8, 4) is 0 Å². The fourth-order valence-corrected chi connectivity index (χ4v) is 3.00. The van der Waals surface area contributed by atoms with Gasteiger partial charge in [0, 0.05) is 12.8 Å². The minimum atomic E-state index is -2.55. The summed E-state index contributed by atoms with van der Waals surface area (Å²) < 4.78 is 30.2. The van der Waals surface area contributed by atoms with E-state index in [1.165, 1.54) is 0 Å². The number of halogens is 2. The van der Waals surface area contributed by atoms with Crippen LogP contribution in [0.25, 0.3) is 0 Å². The largest absolute Gasteiger partial charge is 0.465 e. The summed E-state index contributed by atoms with van der Waals surface area (Å²) in [6.07, 6.45) is 0.430. The summed E-state index contributed by atoms with van der Waals surface area (Å²) >= 11 is 0. The van der Waals surface area contributed by atoms with Gasteiger partial charge in [0.15, 0.2) is 0 Å². The third kappa shape index (κ3) is 1.62. The molecule has 0 atom stereocenters. The first-order valence-electron chi connectivity index (χ1n) is 5.15. The average Bonchev–Trinajstić information content (AvgIpc) is 1.98. The lowest BCUT2D eigenvalue weighted by atomic mass is 9.47. The number of nitrogens with two attached hydrogens (primary N) is 1. The summed E-state index contributed by atoms with van der Waals surface area (Å²) in [5, 5.41) is 0. The van der Waals surface area contributed by atoms with Crippen molar-refractivity contribution in [1.82, 2.24) is 0 Å². The first kappa shape index (κ1) is 10.8. The molecule has 0 bridgehead atoms. The van der Waals surface area contributed by atoms with Crippen LogP contribution in [0.15, 0.2) is 0 Å². The monoisotopic (exact) mass is 219 g/mol. The van der Waals surface area contributed by atoms with Gasteiger partial charge in [0.05, 0.1) is 6.61 Å². The molecule has 2 saturated carbocycles. The molecule has 1 spiro atoms. The highest BCUT2D eigenvalue weighted by Crippen LogP contribution is 2.65. The number of alkyl halides is 2. The van der Waals surface area contributed by atoms with Crippen molar-refractivity contribution in [2.75, 3.05) is 6.61 Å². The lowest BCUT2D eigenvalue weighted by Gasteiger charge is -2.60. The maximum atomic E-state index is 12.7. The Kier molecular flexibility index (Phi) is 2.09. The molecule has 0 unspecified atom stereocenters. The molecule has 3 nitrogen and oxygen atoms in total. The number of carbonyl (C=O) groups excluding carboxylic acids is 1. The zero-order chi connectivity index (χ0) is 11.3. The summed E-state index contributed by atoms with van der Waals surface area (Å²) in [6, 6.07) is 0. The van der Waals surface area contributed by atoms with E-state index >= 15 is 0 Å². The Hall–Kier alpha value is -0.710. The Labute approximate surface area is 87.0 Å². The maximum Gasteiger partial charge on any atom is 0.326 e. The number of carbonyl (C=O) groups is 1. The van der Waals surface area contributed by atoms with Gasteiger partial charge in [-0.1, -0.05) is 0 Å². The van der Waals surface area contributed by atoms with E-state index in [1.807, 2.05) is 0 Å². The average molecular weight is 219 g/mol. The minimum Gasteiger partial charge on any atom is -0.465 e. The van der Waals surface area contributed by atoms with E-state index in [9.17, 15) is 13.6 Å². The number of rotatable bonds is 2. The van der Waals surface area contributed by atoms with Gasteiger partial charge < -0.3 is 10.5 Å². The predicted molar refractivity (Wildman–Crippen MR) is 49.4 cm³/mol. The molecule has 2 rings (SSSR count). The molecule has 0 radical (unpaired) electrons. The van der Waals surface area contributed by atoms with Crippen molar-refractivity contribution in [2.45, 2.75) is 44.1 Å². The molecule has 5 heteroatoms. The van der Waals surface area contributed by atoms with Crippen LogP contribution in [0, 0.1) is 5.41 Å². The molecule has 0 amide bonds. The maximum absolute atomic E-state index is 12.7. The van der Waals surface area contributed by atoms with E-state index < -0.39 is 17.4 Å². The van der Waals surface area contributed by atoms with E-state index in [0.29, 0.717) is 12.8 Å². The molecular weight excluding hydrogens is 204 g/mol. The second-order valence-electron chi connectivity index (χ2n) is 4.94. The van der Waals surface area contributed by atoms with Crippen LogP contribution in [-0.2, 0) is 9.53 Å². The molecule has 0 aromatic carbocycles. The van der Waals surface area contributed by atoms with Gasteiger partial charge in [-0.15, -0.1) is 0 Å². The standard InChI is InChI=1S/C10H15F2NO2/c1-2-15-7(14)9(13)3-8(4-9)5-10(11,12)6-8/h2-6,13H2,1H3. The van der Waals surface area contributed by atoms with Crippen molar-refractivity contribution < 1.29 is 18.3 Å². The summed E-state index contributed by atoms with van der Waals surface area (Å²) in [7, 11) is 0. The molecular formula is C10H15F2NO2. The molecule has 2 aliphatic rings. The normalized spacial score (nSPS) is 29.1. The van der Waals surface area contributed by atoms with Gasteiger partial charge in [-0.3, -0.25) is 4.79 Å². The zero-order valence-electron chi connectivity index (χ0n) is 8.69. The molecule has 0 heterocycles. The fourth-order valence-electron chi connectivity index (χ4n) is 3.00. The first-order chi connectivity index (χ1) is 6.81. The molecule has 2 aliphatic carbocycles. The summed E-state index contributed by atoms with van der Waals surface area (Å²) in [6.45, 7) is 1.98. The molecule has 15 heavy (non-hydrogen) atoms. The Morgan fingerprint density at radius 2 is 1.87 bits per heavy atom. The van der Waals surface area contributed by atoms with Gasteiger partial charge in [0.25, 0.3) is 0 Å². The quantitative estimate of drug-likeness (QED) is 0.715. The summed E-state index contributed by atoms with van der Waals surface area (Å²) in [5.74, 6) is -3.00. The van der Waals surface area contributed by atoms with E-state index in [0.717, 1.165) is 0 Å². The second kappa shape index (κ2) is 2.90. The SMILES string of the molecule is CCOC(=O)C1(N)CC2(CC(F)(F)C2)C1. The van der Waals surface area contributed by atoms with E-state index in [2.05, 4.69) is 0 Å². The Bertz CT molecular complexity index is 288. The topological polar surface area (TPSA) is 52.3 Å². The molecule has 86 valence electrons. The van der Waals surface area contributed by atoms with E-state index in [-0.39, 0.29) is 24.9 Å². The van der Waals surface area contributed by atoms with Crippen LogP contribution < -0.4 is 5.73 Å². The summed E-state index contributed by atoms with van der Waals surface area (Å²) in [4.78, 5) is 11.4. The van der Waals surface area contributed by atoms with Gasteiger partial charge in [-0.25, -0.2) is 8.78 Å². The van der Waals surface area contributed by atoms with E-state index in [4.69, 9.17) is 10.5 Å². The molecule has 2 N–H and O–H groups in total. The van der Waals surface area contributed by atoms with Crippen molar-refractivity contribution in [3.63, 3.8) is 0 Å². The molecule has 0 aromatic rings. The van der Waals surface area contributed by atoms with Gasteiger partial charge >= 0.3 is 5.97 Å². The molecule has 0 aromatic heterocycles. The molecule has 2 fully saturated rings. The fraction of sp³-hybridized carbons (Fsp3) is 0.900. The Morgan fingerprint density at radius 3 is 2.27 bits per heavy atom. The van der Waals surface area contributed by atoms with Crippen LogP contribution in [0.5, 0.6) is 0 Å².